The Labute approximate surface area is 108 Å². The summed E-state index contributed by atoms with van der Waals surface area (Å²) < 4.78 is 0. The molecule has 0 aromatic heterocycles. The Morgan fingerprint density at radius 1 is 1.35 bits per heavy atom. The molecule has 0 aliphatic rings. The number of hydrogen-bond donors (Lipinski definition) is 3. The summed E-state index contributed by atoms with van der Waals surface area (Å²) >= 11 is 4.71. The SMILES string of the molecule is CCC(C)NC(=O)CCNC(=O)C(C)C(N)=S. The second kappa shape index (κ2) is 8.00. The molecule has 0 saturated heterocycles. The highest BCUT2D eigenvalue weighted by atomic mass is 32.1. The van der Waals surface area contributed by atoms with Crippen LogP contribution in [0.2, 0.25) is 0 Å². The van der Waals surface area contributed by atoms with Crippen LogP contribution in [-0.2, 0) is 9.59 Å². The van der Waals surface area contributed by atoms with Gasteiger partial charge in [-0.3, -0.25) is 9.59 Å². The summed E-state index contributed by atoms with van der Waals surface area (Å²) in [6.07, 6.45) is 1.15. The molecule has 2 unspecified atom stereocenters. The fourth-order valence-corrected chi connectivity index (χ4v) is 1.14. The summed E-state index contributed by atoms with van der Waals surface area (Å²) in [5.74, 6) is -0.806. The van der Waals surface area contributed by atoms with E-state index in [0.29, 0.717) is 6.54 Å². The van der Waals surface area contributed by atoms with Crippen LogP contribution in [0.15, 0.2) is 0 Å². The number of thiocarbonyl (C=S) groups is 1. The molecular formula is C11H21N3O2S. The van der Waals surface area contributed by atoms with Crippen molar-refractivity contribution in [2.75, 3.05) is 6.54 Å². The molecule has 0 saturated carbocycles. The normalized spacial score (nSPS) is 13.6. The van der Waals surface area contributed by atoms with Crippen LogP contribution >= 0.6 is 12.2 Å². The number of rotatable bonds is 7. The molecule has 0 bridgehead atoms. The molecule has 0 radical (unpaired) electrons. The van der Waals surface area contributed by atoms with Crippen LogP contribution in [0, 0.1) is 5.92 Å². The van der Waals surface area contributed by atoms with Crippen molar-refractivity contribution in [3.63, 3.8) is 0 Å². The first kappa shape index (κ1) is 15.8. The van der Waals surface area contributed by atoms with Crippen molar-refractivity contribution in [3.8, 4) is 0 Å². The Balaban J connectivity index is 3.80. The van der Waals surface area contributed by atoms with Crippen LogP contribution in [0.4, 0.5) is 0 Å². The van der Waals surface area contributed by atoms with E-state index in [2.05, 4.69) is 10.6 Å². The molecule has 0 rings (SSSR count). The number of nitrogens with two attached hydrogens (primary N) is 1. The lowest BCUT2D eigenvalue weighted by Gasteiger charge is -2.13. The van der Waals surface area contributed by atoms with E-state index in [1.54, 1.807) is 6.92 Å². The Bertz CT molecular complexity index is 294. The summed E-state index contributed by atoms with van der Waals surface area (Å²) in [5, 5.41) is 5.43. The van der Waals surface area contributed by atoms with Crippen molar-refractivity contribution in [1.82, 2.24) is 10.6 Å². The minimum absolute atomic E-state index is 0.0670. The Kier molecular flexibility index (Phi) is 7.45. The maximum absolute atomic E-state index is 11.4. The molecule has 17 heavy (non-hydrogen) atoms. The third-order valence-corrected chi connectivity index (χ3v) is 2.84. The highest BCUT2D eigenvalue weighted by molar-refractivity contribution is 7.80. The number of carbonyl (C=O) groups is 2. The maximum atomic E-state index is 11.4. The van der Waals surface area contributed by atoms with E-state index in [1.807, 2.05) is 13.8 Å². The van der Waals surface area contributed by atoms with E-state index in [0.717, 1.165) is 6.42 Å². The van der Waals surface area contributed by atoms with Gasteiger partial charge in [0.1, 0.15) is 0 Å². The molecule has 0 aliphatic carbocycles. The first-order chi connectivity index (χ1) is 7.88. The standard InChI is InChI=1S/C11H21N3O2S/c1-4-7(2)14-9(15)5-6-13-11(16)8(3)10(12)17/h7-8H,4-6H2,1-3H3,(H2,12,17)(H,13,16)(H,14,15). The monoisotopic (exact) mass is 259 g/mol. The zero-order valence-corrected chi connectivity index (χ0v) is 11.4. The van der Waals surface area contributed by atoms with E-state index >= 15 is 0 Å². The van der Waals surface area contributed by atoms with Crippen LogP contribution in [0.3, 0.4) is 0 Å². The van der Waals surface area contributed by atoms with Gasteiger partial charge in [0.05, 0.1) is 10.9 Å². The number of nitrogens with one attached hydrogen (secondary N) is 2. The first-order valence-corrected chi connectivity index (χ1v) is 6.15. The molecule has 98 valence electrons. The van der Waals surface area contributed by atoms with Crippen LogP contribution in [0.1, 0.15) is 33.6 Å². The van der Waals surface area contributed by atoms with Gasteiger partial charge in [0.15, 0.2) is 0 Å². The van der Waals surface area contributed by atoms with Crippen molar-refractivity contribution in [2.24, 2.45) is 11.7 Å². The van der Waals surface area contributed by atoms with Crippen LogP contribution in [0.25, 0.3) is 0 Å². The van der Waals surface area contributed by atoms with Crippen LogP contribution in [-0.4, -0.2) is 29.4 Å². The summed E-state index contributed by atoms with van der Waals surface area (Å²) in [6, 6.07) is 0.161. The van der Waals surface area contributed by atoms with E-state index in [4.69, 9.17) is 18.0 Å². The summed E-state index contributed by atoms with van der Waals surface area (Å²) in [4.78, 5) is 23.0. The largest absolute Gasteiger partial charge is 0.393 e. The zero-order valence-electron chi connectivity index (χ0n) is 10.6. The molecule has 0 aromatic carbocycles. The molecule has 5 nitrogen and oxygen atoms in total. The van der Waals surface area contributed by atoms with Gasteiger partial charge in [-0.05, 0) is 20.3 Å². The lowest BCUT2D eigenvalue weighted by molar-refractivity contribution is -0.123. The van der Waals surface area contributed by atoms with Crippen molar-refractivity contribution >= 4 is 29.0 Å². The van der Waals surface area contributed by atoms with Crippen molar-refractivity contribution < 1.29 is 9.59 Å². The van der Waals surface area contributed by atoms with Crippen molar-refractivity contribution in [2.45, 2.75) is 39.7 Å². The third-order valence-electron chi connectivity index (χ3n) is 2.49. The predicted octanol–water partition coefficient (Wildman–Crippen LogP) is 0.330. The second-order valence-corrected chi connectivity index (χ2v) is 4.51. The molecule has 0 aliphatic heterocycles. The lowest BCUT2D eigenvalue weighted by Crippen LogP contribution is -2.39. The molecule has 0 heterocycles. The molecule has 2 amide bonds. The van der Waals surface area contributed by atoms with Gasteiger partial charge in [-0.15, -0.1) is 0 Å². The Morgan fingerprint density at radius 2 is 1.94 bits per heavy atom. The third kappa shape index (κ3) is 6.88. The van der Waals surface area contributed by atoms with Gasteiger partial charge < -0.3 is 16.4 Å². The van der Waals surface area contributed by atoms with Crippen LogP contribution in [0.5, 0.6) is 0 Å². The molecule has 0 aromatic rings. The van der Waals surface area contributed by atoms with E-state index in [9.17, 15) is 9.59 Å². The van der Waals surface area contributed by atoms with Gasteiger partial charge in [0, 0.05) is 19.0 Å². The average molecular weight is 259 g/mol. The van der Waals surface area contributed by atoms with E-state index < -0.39 is 5.92 Å². The zero-order chi connectivity index (χ0) is 13.4. The number of hydrogen-bond acceptors (Lipinski definition) is 3. The number of amides is 2. The van der Waals surface area contributed by atoms with Gasteiger partial charge in [0.25, 0.3) is 0 Å². The minimum Gasteiger partial charge on any atom is -0.393 e. The Hall–Kier alpha value is -1.17. The summed E-state index contributed by atoms with van der Waals surface area (Å²) in [6.45, 7) is 5.87. The quantitative estimate of drug-likeness (QED) is 0.575. The molecule has 0 fully saturated rings. The summed E-state index contributed by atoms with van der Waals surface area (Å²) in [7, 11) is 0. The smallest absolute Gasteiger partial charge is 0.229 e. The summed E-state index contributed by atoms with van der Waals surface area (Å²) in [5.41, 5.74) is 5.34. The maximum Gasteiger partial charge on any atom is 0.229 e. The number of carbonyl (C=O) groups excluding carboxylic acids is 2. The predicted molar refractivity (Wildman–Crippen MR) is 71.5 cm³/mol. The average Bonchev–Trinajstić information content (AvgIpc) is 2.27. The molecular weight excluding hydrogens is 238 g/mol. The fourth-order valence-electron chi connectivity index (χ4n) is 1.03. The van der Waals surface area contributed by atoms with Gasteiger partial charge >= 0.3 is 0 Å². The first-order valence-electron chi connectivity index (χ1n) is 5.74. The van der Waals surface area contributed by atoms with Gasteiger partial charge in [-0.1, -0.05) is 19.1 Å². The molecule has 0 spiro atoms. The van der Waals surface area contributed by atoms with Gasteiger partial charge in [0.2, 0.25) is 11.8 Å². The highest BCUT2D eigenvalue weighted by Crippen LogP contribution is 1.95. The molecule has 4 N–H and O–H groups in total. The van der Waals surface area contributed by atoms with E-state index in [-0.39, 0.29) is 29.3 Å². The molecule has 2 atom stereocenters. The highest BCUT2D eigenvalue weighted by Gasteiger charge is 2.15. The Morgan fingerprint density at radius 3 is 2.41 bits per heavy atom. The minimum atomic E-state index is -0.498. The van der Waals surface area contributed by atoms with Crippen molar-refractivity contribution in [3.05, 3.63) is 0 Å². The lowest BCUT2D eigenvalue weighted by atomic mass is 10.1. The second-order valence-electron chi connectivity index (χ2n) is 4.04. The van der Waals surface area contributed by atoms with E-state index in [1.165, 1.54) is 0 Å². The fraction of sp³-hybridized carbons (Fsp3) is 0.727. The van der Waals surface area contributed by atoms with Gasteiger partial charge in [-0.25, -0.2) is 0 Å². The topological polar surface area (TPSA) is 84.2 Å². The van der Waals surface area contributed by atoms with Gasteiger partial charge in [-0.2, -0.15) is 0 Å². The molecule has 6 heteroatoms. The van der Waals surface area contributed by atoms with Crippen LogP contribution < -0.4 is 16.4 Å². The van der Waals surface area contributed by atoms with Crippen molar-refractivity contribution in [1.29, 1.82) is 0 Å².